The largest absolute Gasteiger partial charge is 0.480 e. The minimum atomic E-state index is -1.02. The van der Waals surface area contributed by atoms with Crippen LogP contribution in [0, 0.1) is 0 Å². The zero-order valence-electron chi connectivity index (χ0n) is 23.5. The van der Waals surface area contributed by atoms with Crippen LogP contribution in [0.4, 0.5) is 0 Å². The first-order chi connectivity index (χ1) is 18.3. The van der Waals surface area contributed by atoms with Gasteiger partial charge in [0.15, 0.2) is 5.78 Å². The lowest BCUT2D eigenvalue weighted by Gasteiger charge is -2.33. The molecule has 1 fully saturated rings. The molecule has 1 atom stereocenters. The van der Waals surface area contributed by atoms with E-state index in [9.17, 15) is 39.3 Å². The Kier molecular flexibility index (Phi) is 16.4. The van der Waals surface area contributed by atoms with Gasteiger partial charge in [-0.3, -0.25) is 43.6 Å². The summed E-state index contributed by atoms with van der Waals surface area (Å²) >= 11 is 0. The van der Waals surface area contributed by atoms with E-state index in [0.29, 0.717) is 58.8 Å². The average molecular weight is 559 g/mol. The summed E-state index contributed by atoms with van der Waals surface area (Å²) in [5.74, 6) is -3.48. The Bertz CT molecular complexity index is 779. The number of carboxylic acids is 3. The van der Waals surface area contributed by atoms with Crippen molar-refractivity contribution in [1.29, 1.82) is 0 Å². The van der Waals surface area contributed by atoms with Crippen molar-refractivity contribution >= 4 is 29.6 Å². The molecule has 1 aliphatic rings. The average Bonchev–Trinajstić information content (AvgIpc) is 2.81. The highest BCUT2D eigenvalue weighted by atomic mass is 16.4. The Morgan fingerprint density at radius 2 is 1.03 bits per heavy atom. The minimum Gasteiger partial charge on any atom is -0.480 e. The van der Waals surface area contributed by atoms with Gasteiger partial charge in [-0.15, -0.1) is 0 Å². The molecule has 1 amide bonds. The van der Waals surface area contributed by atoms with Crippen LogP contribution < -0.4 is 5.32 Å². The number of carboxylic acid groups (broad SMARTS) is 3. The molecule has 224 valence electrons. The number of rotatable bonds is 15. The van der Waals surface area contributed by atoms with Gasteiger partial charge in [-0.1, -0.05) is 0 Å². The van der Waals surface area contributed by atoms with Crippen LogP contribution in [0.15, 0.2) is 0 Å². The van der Waals surface area contributed by atoms with Crippen molar-refractivity contribution in [2.24, 2.45) is 0 Å². The van der Waals surface area contributed by atoms with Gasteiger partial charge >= 0.3 is 17.9 Å². The van der Waals surface area contributed by atoms with Gasteiger partial charge in [0.05, 0.1) is 32.2 Å². The van der Waals surface area contributed by atoms with E-state index in [0.717, 1.165) is 19.4 Å². The number of Topliss-reactive ketones (excluding diaryl/α,β-unsaturated/α-hetero) is 1. The van der Waals surface area contributed by atoms with Crippen LogP contribution in [-0.2, 0) is 24.0 Å². The van der Waals surface area contributed by atoms with Crippen molar-refractivity contribution in [2.45, 2.75) is 32.2 Å². The molecular formula is C25H46N6O8. The van der Waals surface area contributed by atoms with Gasteiger partial charge in [-0.25, -0.2) is 0 Å². The fraction of sp³-hybridized carbons (Fsp3) is 0.800. The van der Waals surface area contributed by atoms with E-state index >= 15 is 0 Å². The number of hydrogen-bond donors (Lipinski definition) is 4. The highest BCUT2D eigenvalue weighted by Crippen LogP contribution is 2.05. The van der Waals surface area contributed by atoms with Crippen LogP contribution in [0.25, 0.3) is 0 Å². The number of unbranched alkanes of at least 4 members (excludes halogenated alkanes) is 1. The van der Waals surface area contributed by atoms with Crippen LogP contribution in [-0.4, -0.2) is 175 Å². The Morgan fingerprint density at radius 3 is 1.33 bits per heavy atom. The number of nitrogens with one attached hydrogen (secondary N) is 1. The molecule has 0 unspecified atom stereocenters. The third kappa shape index (κ3) is 16.8. The molecule has 1 aliphatic heterocycles. The molecule has 0 saturated carbocycles. The minimum absolute atomic E-state index is 0.0194. The maximum absolute atomic E-state index is 12.9. The highest BCUT2D eigenvalue weighted by molar-refractivity contribution is 5.88. The second-order valence-corrected chi connectivity index (χ2v) is 10.3. The summed E-state index contributed by atoms with van der Waals surface area (Å²) in [6.45, 7) is 4.16. The predicted octanol–water partition coefficient (Wildman–Crippen LogP) is -1.73. The van der Waals surface area contributed by atoms with Gasteiger partial charge in [-0.05, 0) is 46.8 Å². The summed E-state index contributed by atoms with van der Waals surface area (Å²) in [7, 11) is 3.95. The standard InChI is InChI=1S/C25H46N6O8/c1-20(32)21(6-4-5-7-27(2)3)26-22(33)16-28-8-10-29(17-23(34)35)12-14-31(19-25(38)39)15-13-30(11-9-28)18-24(36)37/h21H,4-19H2,1-3H3,(H,26,33)(H,34,35)(H,36,37)(H,38,39)/t21-/m0/s1. The molecule has 14 heteroatoms. The lowest BCUT2D eigenvalue weighted by atomic mass is 10.1. The third-order valence-electron chi connectivity index (χ3n) is 6.55. The van der Waals surface area contributed by atoms with E-state index in [4.69, 9.17) is 0 Å². The fourth-order valence-corrected chi connectivity index (χ4v) is 4.38. The zero-order chi connectivity index (χ0) is 29.4. The number of ketones is 1. The second kappa shape index (κ2) is 18.6. The molecule has 4 N–H and O–H groups in total. The Morgan fingerprint density at radius 1 is 0.667 bits per heavy atom. The molecule has 14 nitrogen and oxygen atoms in total. The summed E-state index contributed by atoms with van der Waals surface area (Å²) in [5, 5.41) is 30.8. The highest BCUT2D eigenvalue weighted by Gasteiger charge is 2.22. The first-order valence-corrected chi connectivity index (χ1v) is 13.3. The summed E-state index contributed by atoms with van der Waals surface area (Å²) in [6.07, 6.45) is 2.24. The molecule has 0 aromatic heterocycles. The van der Waals surface area contributed by atoms with E-state index in [-0.39, 0.29) is 37.9 Å². The molecule has 39 heavy (non-hydrogen) atoms. The monoisotopic (exact) mass is 558 g/mol. The molecule has 1 rings (SSSR count). The second-order valence-electron chi connectivity index (χ2n) is 10.3. The topological polar surface area (TPSA) is 174 Å². The fourth-order valence-electron chi connectivity index (χ4n) is 4.38. The molecule has 0 aromatic carbocycles. The van der Waals surface area contributed by atoms with Gasteiger partial charge in [-0.2, -0.15) is 0 Å². The number of nitrogens with zero attached hydrogens (tertiary/aromatic N) is 5. The third-order valence-corrected chi connectivity index (χ3v) is 6.55. The number of amides is 1. The first-order valence-electron chi connectivity index (χ1n) is 13.3. The van der Waals surface area contributed by atoms with Gasteiger partial charge in [0.25, 0.3) is 0 Å². The first kappa shape index (κ1) is 34.4. The summed E-state index contributed by atoms with van der Waals surface area (Å²) < 4.78 is 0. The molecular weight excluding hydrogens is 512 g/mol. The van der Waals surface area contributed by atoms with Gasteiger partial charge < -0.3 is 25.5 Å². The number of carbonyl (C=O) groups excluding carboxylic acids is 2. The molecule has 0 aliphatic carbocycles. The van der Waals surface area contributed by atoms with Crippen LogP contribution in [0.1, 0.15) is 26.2 Å². The van der Waals surface area contributed by atoms with Crippen molar-refractivity contribution in [2.75, 3.05) is 99.2 Å². The van der Waals surface area contributed by atoms with Crippen LogP contribution in [0.3, 0.4) is 0 Å². The molecule has 0 aromatic rings. The normalized spacial score (nSPS) is 18.2. The van der Waals surface area contributed by atoms with Crippen molar-refractivity contribution < 1.29 is 39.3 Å². The maximum Gasteiger partial charge on any atom is 0.317 e. The SMILES string of the molecule is CC(=O)[C@H](CCCCN(C)C)NC(=O)CN1CCN(CC(=O)O)CCN(CC(=O)O)CCN(CC(=O)O)CC1. The van der Waals surface area contributed by atoms with E-state index < -0.39 is 23.9 Å². The summed E-state index contributed by atoms with van der Waals surface area (Å²) in [5.41, 5.74) is 0. The van der Waals surface area contributed by atoms with Crippen molar-refractivity contribution in [3.63, 3.8) is 0 Å². The van der Waals surface area contributed by atoms with Gasteiger partial charge in [0.1, 0.15) is 0 Å². The smallest absolute Gasteiger partial charge is 0.317 e. The van der Waals surface area contributed by atoms with E-state index in [2.05, 4.69) is 10.2 Å². The van der Waals surface area contributed by atoms with Crippen LogP contribution in [0.2, 0.25) is 0 Å². The molecule has 0 bridgehead atoms. The molecule has 0 spiro atoms. The quantitative estimate of drug-likeness (QED) is 0.167. The number of aliphatic carboxylic acids is 3. The summed E-state index contributed by atoms with van der Waals surface area (Å²) in [4.78, 5) is 68.1. The van der Waals surface area contributed by atoms with Gasteiger partial charge in [0, 0.05) is 52.4 Å². The number of carbonyl (C=O) groups is 5. The summed E-state index contributed by atoms with van der Waals surface area (Å²) in [6, 6.07) is -0.584. The molecule has 1 heterocycles. The van der Waals surface area contributed by atoms with Crippen LogP contribution >= 0.6 is 0 Å². The zero-order valence-corrected chi connectivity index (χ0v) is 23.5. The predicted molar refractivity (Wildman–Crippen MR) is 144 cm³/mol. The van der Waals surface area contributed by atoms with E-state index in [1.54, 1.807) is 14.7 Å². The van der Waals surface area contributed by atoms with Crippen molar-refractivity contribution in [1.82, 2.24) is 29.8 Å². The Hall–Kier alpha value is -2.65. The van der Waals surface area contributed by atoms with E-state index in [1.165, 1.54) is 6.92 Å². The Labute approximate surface area is 230 Å². The number of hydrogen-bond acceptors (Lipinski definition) is 10. The van der Waals surface area contributed by atoms with Crippen LogP contribution in [0.5, 0.6) is 0 Å². The van der Waals surface area contributed by atoms with Crippen molar-refractivity contribution in [3.05, 3.63) is 0 Å². The lowest BCUT2D eigenvalue weighted by Crippen LogP contribution is -2.51. The Balaban J connectivity index is 2.92. The maximum atomic E-state index is 12.9. The molecule has 0 radical (unpaired) electrons. The van der Waals surface area contributed by atoms with E-state index in [1.807, 2.05) is 19.0 Å². The van der Waals surface area contributed by atoms with Gasteiger partial charge in [0.2, 0.25) is 5.91 Å². The molecule has 1 saturated heterocycles. The lowest BCUT2D eigenvalue weighted by molar-refractivity contribution is -0.140. The van der Waals surface area contributed by atoms with Crippen molar-refractivity contribution in [3.8, 4) is 0 Å².